The molecule has 2 heteroatoms. The van der Waals surface area contributed by atoms with Crippen LogP contribution in [0.25, 0.3) is 22.3 Å². The average molecular weight is 392 g/mol. The van der Waals surface area contributed by atoms with E-state index < -0.39 is 0 Å². The molecule has 0 aliphatic carbocycles. The molecule has 148 valence electrons. The molecule has 0 amide bonds. The smallest absolute Gasteiger partial charge is 0.127 e. The molecule has 1 aliphatic rings. The van der Waals surface area contributed by atoms with Gasteiger partial charge in [-0.15, -0.1) is 0 Å². The van der Waals surface area contributed by atoms with Crippen molar-refractivity contribution in [3.05, 3.63) is 114 Å². The van der Waals surface area contributed by atoms with Crippen LogP contribution in [0.1, 0.15) is 11.1 Å². The highest BCUT2D eigenvalue weighted by Crippen LogP contribution is 2.38. The maximum atomic E-state index is 6.14. The lowest BCUT2D eigenvalue weighted by Gasteiger charge is -2.16. The summed E-state index contributed by atoms with van der Waals surface area (Å²) in [7, 11) is 0. The molecule has 4 aromatic rings. The Kier molecular flexibility index (Phi) is 5.32. The zero-order chi connectivity index (χ0) is 20.2. The molecular weight excluding hydrogens is 368 g/mol. The van der Waals surface area contributed by atoms with Crippen molar-refractivity contribution in [2.45, 2.75) is 12.5 Å². The van der Waals surface area contributed by atoms with Gasteiger partial charge in [-0.05, 0) is 40.3 Å². The lowest BCUT2D eigenvalue weighted by Crippen LogP contribution is -2.05. The van der Waals surface area contributed by atoms with E-state index in [4.69, 9.17) is 9.47 Å². The maximum absolute atomic E-state index is 6.14. The Morgan fingerprint density at radius 1 is 0.667 bits per heavy atom. The lowest BCUT2D eigenvalue weighted by atomic mass is 9.91. The second-order valence-corrected chi connectivity index (χ2v) is 7.67. The van der Waals surface area contributed by atoms with Gasteiger partial charge in [-0.1, -0.05) is 97.1 Å². The van der Waals surface area contributed by atoms with E-state index in [-0.39, 0.29) is 6.10 Å². The second kappa shape index (κ2) is 8.56. The van der Waals surface area contributed by atoms with Gasteiger partial charge in [-0.3, -0.25) is 0 Å². The van der Waals surface area contributed by atoms with E-state index >= 15 is 0 Å². The minimum absolute atomic E-state index is 0.232. The number of hydrogen-bond donors (Lipinski definition) is 0. The van der Waals surface area contributed by atoms with Crippen molar-refractivity contribution >= 4 is 0 Å². The molecule has 1 aliphatic heterocycles. The third-order valence-corrected chi connectivity index (χ3v) is 5.42. The molecule has 5 rings (SSSR count). The molecule has 4 aromatic carbocycles. The summed E-state index contributed by atoms with van der Waals surface area (Å²) >= 11 is 0. The first-order chi connectivity index (χ1) is 14.9. The van der Waals surface area contributed by atoms with Crippen molar-refractivity contribution < 1.29 is 9.47 Å². The second-order valence-electron chi connectivity index (χ2n) is 7.67. The van der Waals surface area contributed by atoms with Gasteiger partial charge in [-0.25, -0.2) is 0 Å². The molecule has 0 bridgehead atoms. The Hall–Kier alpha value is -3.36. The number of ether oxygens (including phenoxy) is 2. The SMILES string of the molecule is c1ccc(Cc2ccc(-c3ccccc3)c(-c3ccccc3OCC3CO3)c2)cc1. The first-order valence-electron chi connectivity index (χ1n) is 10.4. The highest BCUT2D eigenvalue weighted by atomic mass is 16.6. The fourth-order valence-electron chi connectivity index (χ4n) is 3.79. The monoisotopic (exact) mass is 392 g/mol. The number of rotatable bonds is 7. The molecule has 1 unspecified atom stereocenters. The number of benzene rings is 4. The van der Waals surface area contributed by atoms with Gasteiger partial charge in [0, 0.05) is 5.56 Å². The van der Waals surface area contributed by atoms with Crippen LogP contribution in [-0.4, -0.2) is 19.3 Å². The number of epoxide rings is 1. The van der Waals surface area contributed by atoms with E-state index in [1.54, 1.807) is 0 Å². The average Bonchev–Trinajstić information content (AvgIpc) is 3.64. The van der Waals surface area contributed by atoms with E-state index in [9.17, 15) is 0 Å². The summed E-state index contributed by atoms with van der Waals surface area (Å²) < 4.78 is 11.5. The topological polar surface area (TPSA) is 21.8 Å². The minimum Gasteiger partial charge on any atom is -0.490 e. The van der Waals surface area contributed by atoms with E-state index in [0.717, 1.165) is 24.3 Å². The summed E-state index contributed by atoms with van der Waals surface area (Å²) in [6.45, 7) is 1.39. The predicted molar refractivity (Wildman–Crippen MR) is 122 cm³/mol. The molecule has 2 nitrogen and oxygen atoms in total. The lowest BCUT2D eigenvalue weighted by molar-refractivity contribution is 0.264. The maximum Gasteiger partial charge on any atom is 0.127 e. The van der Waals surface area contributed by atoms with Crippen molar-refractivity contribution in [2.24, 2.45) is 0 Å². The van der Waals surface area contributed by atoms with Gasteiger partial charge in [0.25, 0.3) is 0 Å². The van der Waals surface area contributed by atoms with E-state index in [2.05, 4.69) is 97.1 Å². The van der Waals surface area contributed by atoms with Crippen molar-refractivity contribution in [3.63, 3.8) is 0 Å². The van der Waals surface area contributed by atoms with Crippen molar-refractivity contribution in [2.75, 3.05) is 13.2 Å². The van der Waals surface area contributed by atoms with E-state index in [0.29, 0.717) is 6.61 Å². The molecule has 1 fully saturated rings. The number of hydrogen-bond acceptors (Lipinski definition) is 2. The molecule has 0 radical (unpaired) electrons. The van der Waals surface area contributed by atoms with Crippen LogP contribution in [0.2, 0.25) is 0 Å². The van der Waals surface area contributed by atoms with Gasteiger partial charge in [0.2, 0.25) is 0 Å². The van der Waals surface area contributed by atoms with Crippen molar-refractivity contribution in [1.29, 1.82) is 0 Å². The van der Waals surface area contributed by atoms with Crippen LogP contribution in [0.15, 0.2) is 103 Å². The fraction of sp³-hybridized carbons (Fsp3) is 0.143. The zero-order valence-corrected chi connectivity index (χ0v) is 16.8. The standard InChI is InChI=1S/C28H24O2/c1-3-9-21(10-4-1)17-22-15-16-25(23-11-5-2-6-12-23)27(18-22)26-13-7-8-14-28(26)30-20-24-19-29-24/h1-16,18,24H,17,19-20H2. The Labute approximate surface area is 177 Å². The molecule has 1 atom stereocenters. The van der Waals surface area contributed by atoms with Crippen LogP contribution in [0, 0.1) is 0 Å². The Balaban J connectivity index is 1.58. The van der Waals surface area contributed by atoms with E-state index in [1.807, 2.05) is 6.07 Å². The van der Waals surface area contributed by atoms with Gasteiger partial charge < -0.3 is 9.47 Å². The molecule has 0 aromatic heterocycles. The third kappa shape index (κ3) is 4.29. The molecule has 1 heterocycles. The zero-order valence-electron chi connectivity index (χ0n) is 16.8. The first-order valence-corrected chi connectivity index (χ1v) is 10.4. The number of para-hydroxylation sites is 1. The summed E-state index contributed by atoms with van der Waals surface area (Å²) in [4.78, 5) is 0. The van der Waals surface area contributed by atoms with Gasteiger partial charge in [0.1, 0.15) is 18.5 Å². The van der Waals surface area contributed by atoms with Crippen LogP contribution in [0.5, 0.6) is 5.75 Å². The minimum atomic E-state index is 0.232. The summed E-state index contributed by atoms with van der Waals surface area (Å²) in [6.07, 6.45) is 1.14. The quantitative estimate of drug-likeness (QED) is 0.340. The van der Waals surface area contributed by atoms with Crippen LogP contribution in [0.3, 0.4) is 0 Å². The fourth-order valence-corrected chi connectivity index (χ4v) is 3.79. The van der Waals surface area contributed by atoms with Crippen LogP contribution in [0.4, 0.5) is 0 Å². The normalized spacial score (nSPS) is 15.0. The molecule has 0 saturated carbocycles. The van der Waals surface area contributed by atoms with Crippen molar-refractivity contribution in [3.8, 4) is 28.0 Å². The molecule has 30 heavy (non-hydrogen) atoms. The summed E-state index contributed by atoms with van der Waals surface area (Å²) in [5.41, 5.74) is 7.33. The van der Waals surface area contributed by atoms with Gasteiger partial charge in [0.15, 0.2) is 0 Å². The Morgan fingerprint density at radius 3 is 2.13 bits per heavy atom. The van der Waals surface area contributed by atoms with Crippen LogP contribution < -0.4 is 4.74 Å². The summed E-state index contributed by atoms with van der Waals surface area (Å²) in [5.74, 6) is 0.905. The van der Waals surface area contributed by atoms with Crippen LogP contribution in [-0.2, 0) is 11.2 Å². The summed E-state index contributed by atoms with van der Waals surface area (Å²) in [6, 6.07) is 36.3. The van der Waals surface area contributed by atoms with Gasteiger partial charge in [0.05, 0.1) is 6.61 Å². The molecule has 1 saturated heterocycles. The third-order valence-electron chi connectivity index (χ3n) is 5.42. The summed E-state index contributed by atoms with van der Waals surface area (Å²) in [5, 5.41) is 0. The Morgan fingerprint density at radius 2 is 1.37 bits per heavy atom. The molecule has 0 spiro atoms. The van der Waals surface area contributed by atoms with Gasteiger partial charge in [-0.2, -0.15) is 0 Å². The van der Waals surface area contributed by atoms with E-state index in [1.165, 1.54) is 27.8 Å². The molecule has 0 N–H and O–H groups in total. The Bertz CT molecular complexity index is 1120. The highest BCUT2D eigenvalue weighted by Gasteiger charge is 2.24. The highest BCUT2D eigenvalue weighted by molar-refractivity contribution is 5.86. The van der Waals surface area contributed by atoms with Crippen LogP contribution >= 0.6 is 0 Å². The predicted octanol–water partition coefficient (Wildman–Crippen LogP) is 6.39. The van der Waals surface area contributed by atoms with Crippen molar-refractivity contribution in [1.82, 2.24) is 0 Å². The van der Waals surface area contributed by atoms with Gasteiger partial charge >= 0.3 is 0 Å². The first kappa shape index (κ1) is 18.7. The largest absolute Gasteiger partial charge is 0.490 e. The molecular formula is C28H24O2.